The summed E-state index contributed by atoms with van der Waals surface area (Å²) in [6.07, 6.45) is 9.53. The smallest absolute Gasteiger partial charge is 0.139 e. The fourth-order valence-electron chi connectivity index (χ4n) is 6.82. The van der Waals surface area contributed by atoms with Crippen molar-refractivity contribution in [3.05, 3.63) is 0 Å². The molecule has 21 heavy (non-hydrogen) atoms. The van der Waals surface area contributed by atoms with Crippen molar-refractivity contribution < 1.29 is 9.59 Å². The van der Waals surface area contributed by atoms with Crippen LogP contribution in [0.1, 0.15) is 71.6 Å². The number of Topliss-reactive ketones (excluding diaryl/α,β-unsaturated/α-hetero) is 2. The second-order valence-corrected chi connectivity index (χ2v) is 8.82. The average Bonchev–Trinajstić information content (AvgIpc) is 2.76. The molecule has 4 saturated carbocycles. The van der Waals surface area contributed by atoms with E-state index in [4.69, 9.17) is 0 Å². The molecule has 116 valence electrons. The van der Waals surface area contributed by atoms with Gasteiger partial charge in [-0.05, 0) is 67.6 Å². The van der Waals surface area contributed by atoms with Crippen molar-refractivity contribution in [2.45, 2.75) is 71.6 Å². The summed E-state index contributed by atoms with van der Waals surface area (Å²) in [6.45, 7) is 4.72. The minimum Gasteiger partial charge on any atom is -0.300 e. The number of carbonyl (C=O) groups is 2. The van der Waals surface area contributed by atoms with Crippen LogP contribution in [0.5, 0.6) is 0 Å². The van der Waals surface area contributed by atoms with Crippen LogP contribution in [-0.2, 0) is 9.59 Å². The predicted molar refractivity (Wildman–Crippen MR) is 81.7 cm³/mol. The normalized spacial score (nSPS) is 53.0. The van der Waals surface area contributed by atoms with Gasteiger partial charge in [-0.15, -0.1) is 0 Å². The monoisotopic (exact) mass is 288 g/mol. The molecule has 4 aliphatic carbocycles. The topological polar surface area (TPSA) is 34.1 Å². The van der Waals surface area contributed by atoms with E-state index in [0.29, 0.717) is 28.8 Å². The van der Waals surface area contributed by atoms with Crippen LogP contribution < -0.4 is 0 Å². The minimum absolute atomic E-state index is 0.00511. The Morgan fingerprint density at radius 3 is 2.52 bits per heavy atom. The summed E-state index contributed by atoms with van der Waals surface area (Å²) in [7, 11) is 0. The Bertz CT molecular complexity index is 496. The molecular weight excluding hydrogens is 260 g/mol. The molecule has 0 saturated heterocycles. The molecule has 0 amide bonds. The van der Waals surface area contributed by atoms with Crippen LogP contribution in [0, 0.1) is 34.5 Å². The summed E-state index contributed by atoms with van der Waals surface area (Å²) in [4.78, 5) is 24.2. The third-order valence-electron chi connectivity index (χ3n) is 8.19. The molecule has 0 aliphatic heterocycles. The van der Waals surface area contributed by atoms with Gasteiger partial charge >= 0.3 is 0 Å². The molecule has 2 nitrogen and oxygen atoms in total. The number of rotatable bonds is 0. The van der Waals surface area contributed by atoms with Crippen LogP contribution >= 0.6 is 0 Å². The third kappa shape index (κ3) is 1.77. The first-order chi connectivity index (χ1) is 9.95. The maximum atomic E-state index is 12.4. The maximum absolute atomic E-state index is 12.4. The van der Waals surface area contributed by atoms with Crippen molar-refractivity contribution in [3.63, 3.8) is 0 Å². The Morgan fingerprint density at radius 2 is 1.71 bits per heavy atom. The molecule has 0 heterocycles. The zero-order valence-corrected chi connectivity index (χ0v) is 13.5. The van der Waals surface area contributed by atoms with E-state index >= 15 is 0 Å². The zero-order valence-electron chi connectivity index (χ0n) is 13.5. The van der Waals surface area contributed by atoms with Crippen LogP contribution in [0.25, 0.3) is 0 Å². The van der Waals surface area contributed by atoms with Gasteiger partial charge in [0, 0.05) is 24.7 Å². The minimum atomic E-state index is -0.00511. The molecular formula is C19H28O2. The van der Waals surface area contributed by atoms with Gasteiger partial charge in [0.25, 0.3) is 0 Å². The van der Waals surface area contributed by atoms with Crippen LogP contribution in [0.4, 0.5) is 0 Å². The van der Waals surface area contributed by atoms with Crippen LogP contribution in [0.2, 0.25) is 0 Å². The summed E-state index contributed by atoms with van der Waals surface area (Å²) in [5.41, 5.74) is 0.374. The summed E-state index contributed by atoms with van der Waals surface area (Å²) in [5.74, 6) is 3.82. The Balaban J connectivity index is 1.65. The summed E-state index contributed by atoms with van der Waals surface area (Å²) in [6, 6.07) is 0. The Hall–Kier alpha value is -0.660. The van der Waals surface area contributed by atoms with E-state index in [2.05, 4.69) is 13.8 Å². The molecule has 0 aromatic heterocycles. The summed E-state index contributed by atoms with van der Waals surface area (Å²) in [5, 5.41) is 0. The molecule has 0 spiro atoms. The van der Waals surface area contributed by atoms with E-state index < -0.39 is 0 Å². The van der Waals surface area contributed by atoms with Crippen LogP contribution in [0.3, 0.4) is 0 Å². The zero-order chi connectivity index (χ0) is 14.8. The molecule has 0 aromatic carbocycles. The highest BCUT2D eigenvalue weighted by molar-refractivity contribution is 5.87. The summed E-state index contributed by atoms with van der Waals surface area (Å²) >= 11 is 0. The standard InChI is InChI=1S/C19H28O2/c1-18-9-7-13(20)11-12(18)3-4-14-15-5-6-17(21)19(15,2)10-8-16(14)18/h12,14-16H,3-11H2,1-2H3/t12-,14-,15-,16-,18-,19+/m1/s1. The van der Waals surface area contributed by atoms with Crippen LogP contribution in [-0.4, -0.2) is 11.6 Å². The molecule has 4 aliphatic rings. The van der Waals surface area contributed by atoms with Gasteiger partial charge in [-0.2, -0.15) is 0 Å². The lowest BCUT2D eigenvalue weighted by Crippen LogP contribution is -2.53. The lowest BCUT2D eigenvalue weighted by molar-refractivity contribution is -0.144. The van der Waals surface area contributed by atoms with Crippen molar-refractivity contribution in [1.82, 2.24) is 0 Å². The van der Waals surface area contributed by atoms with Gasteiger partial charge in [-0.1, -0.05) is 13.8 Å². The highest BCUT2D eigenvalue weighted by Gasteiger charge is 2.60. The number of ketones is 2. The van der Waals surface area contributed by atoms with Crippen molar-refractivity contribution in [2.75, 3.05) is 0 Å². The highest BCUT2D eigenvalue weighted by Crippen LogP contribution is 2.65. The van der Waals surface area contributed by atoms with Crippen molar-refractivity contribution in [1.29, 1.82) is 0 Å². The van der Waals surface area contributed by atoms with Gasteiger partial charge < -0.3 is 0 Å². The second kappa shape index (κ2) is 4.43. The lowest BCUT2D eigenvalue weighted by Gasteiger charge is -2.59. The number of hydrogen-bond donors (Lipinski definition) is 0. The van der Waals surface area contributed by atoms with Crippen LogP contribution in [0.15, 0.2) is 0 Å². The number of hydrogen-bond acceptors (Lipinski definition) is 2. The second-order valence-electron chi connectivity index (χ2n) is 8.82. The average molecular weight is 288 g/mol. The third-order valence-corrected chi connectivity index (χ3v) is 8.19. The largest absolute Gasteiger partial charge is 0.300 e. The van der Waals surface area contributed by atoms with Gasteiger partial charge in [0.05, 0.1) is 0 Å². The molecule has 0 N–H and O–H groups in total. The lowest BCUT2D eigenvalue weighted by atomic mass is 9.45. The molecule has 0 radical (unpaired) electrons. The molecule has 6 atom stereocenters. The first-order valence-electron chi connectivity index (χ1n) is 9.00. The number of fused-ring (bicyclic) bond motifs is 5. The first-order valence-corrected chi connectivity index (χ1v) is 9.00. The van der Waals surface area contributed by atoms with Gasteiger partial charge in [0.1, 0.15) is 11.6 Å². The Labute approximate surface area is 128 Å². The predicted octanol–water partition coefficient (Wildman–Crippen LogP) is 4.17. The fraction of sp³-hybridized carbons (Fsp3) is 0.895. The van der Waals surface area contributed by atoms with E-state index in [1.54, 1.807) is 0 Å². The Morgan fingerprint density at radius 1 is 0.905 bits per heavy atom. The fourth-order valence-corrected chi connectivity index (χ4v) is 6.82. The summed E-state index contributed by atoms with van der Waals surface area (Å²) < 4.78 is 0. The van der Waals surface area contributed by atoms with E-state index in [9.17, 15) is 9.59 Å². The van der Waals surface area contributed by atoms with Crippen molar-refractivity contribution >= 4 is 11.6 Å². The van der Waals surface area contributed by atoms with Gasteiger partial charge in [-0.25, -0.2) is 0 Å². The maximum Gasteiger partial charge on any atom is 0.139 e. The van der Waals surface area contributed by atoms with E-state index in [0.717, 1.165) is 50.4 Å². The quantitative estimate of drug-likeness (QED) is 0.670. The van der Waals surface area contributed by atoms with E-state index in [1.807, 2.05) is 0 Å². The van der Waals surface area contributed by atoms with E-state index in [1.165, 1.54) is 19.3 Å². The van der Waals surface area contributed by atoms with Gasteiger partial charge in [0.15, 0.2) is 0 Å². The molecule has 2 heteroatoms. The van der Waals surface area contributed by atoms with Crippen molar-refractivity contribution in [3.8, 4) is 0 Å². The Kier molecular flexibility index (Phi) is 2.94. The number of carbonyl (C=O) groups excluding carboxylic acids is 2. The molecule has 0 aromatic rings. The highest BCUT2D eigenvalue weighted by atomic mass is 16.1. The molecule has 4 rings (SSSR count). The SMILES string of the molecule is C[C@@]12CCC(=O)C[C@H]1CC[C@H]1[C@H]2CC[C@]2(C)C(=O)CC[C@H]12. The molecule has 0 unspecified atom stereocenters. The van der Waals surface area contributed by atoms with Gasteiger partial charge in [0.2, 0.25) is 0 Å². The van der Waals surface area contributed by atoms with E-state index in [-0.39, 0.29) is 5.41 Å². The van der Waals surface area contributed by atoms with Crippen molar-refractivity contribution in [2.24, 2.45) is 34.5 Å². The molecule has 0 bridgehead atoms. The van der Waals surface area contributed by atoms with Gasteiger partial charge in [-0.3, -0.25) is 9.59 Å². The molecule has 4 fully saturated rings. The first kappa shape index (κ1) is 14.0.